The lowest BCUT2D eigenvalue weighted by Gasteiger charge is -2.34. The highest BCUT2D eigenvalue weighted by Crippen LogP contribution is 2.22. The second-order valence-electron chi connectivity index (χ2n) is 8.27. The molecule has 1 unspecified atom stereocenters. The molecule has 3 rings (SSSR count). The zero-order valence-corrected chi connectivity index (χ0v) is 21.8. The highest BCUT2D eigenvalue weighted by atomic mass is 127. The number of morpholine rings is 1. The molecule has 1 amide bonds. The van der Waals surface area contributed by atoms with Crippen LogP contribution >= 0.6 is 24.0 Å². The van der Waals surface area contributed by atoms with Gasteiger partial charge in [-0.15, -0.1) is 24.0 Å². The van der Waals surface area contributed by atoms with Crippen LogP contribution < -0.4 is 10.6 Å². The molecule has 1 aromatic rings. The summed E-state index contributed by atoms with van der Waals surface area (Å²) in [6.45, 7) is 9.57. The zero-order valence-electron chi connectivity index (χ0n) is 19.4. The molecule has 0 aliphatic carbocycles. The molecule has 1 atom stereocenters. The number of halogens is 1. The minimum Gasteiger partial charge on any atom is -0.379 e. The van der Waals surface area contributed by atoms with E-state index < -0.39 is 0 Å². The first kappa shape index (κ1) is 26.9. The summed E-state index contributed by atoms with van der Waals surface area (Å²) in [5.74, 6) is 1.16. The summed E-state index contributed by atoms with van der Waals surface area (Å²) < 4.78 is 5.55. The normalized spacial score (nSPS) is 19.1. The van der Waals surface area contributed by atoms with Gasteiger partial charge in [-0.2, -0.15) is 0 Å². The van der Waals surface area contributed by atoms with Gasteiger partial charge >= 0.3 is 0 Å². The molecule has 2 fully saturated rings. The van der Waals surface area contributed by atoms with Gasteiger partial charge in [0, 0.05) is 45.7 Å². The largest absolute Gasteiger partial charge is 0.379 e. The van der Waals surface area contributed by atoms with E-state index in [1.807, 2.05) is 4.90 Å². The van der Waals surface area contributed by atoms with Crippen molar-refractivity contribution in [2.75, 3.05) is 59.0 Å². The Morgan fingerprint density at radius 3 is 2.62 bits per heavy atom. The Morgan fingerprint density at radius 1 is 1.09 bits per heavy atom. The van der Waals surface area contributed by atoms with Crippen LogP contribution in [-0.4, -0.2) is 80.7 Å². The molecule has 180 valence electrons. The van der Waals surface area contributed by atoms with E-state index in [9.17, 15) is 4.79 Å². The first-order valence-electron chi connectivity index (χ1n) is 11.9. The molecule has 32 heavy (non-hydrogen) atoms. The summed E-state index contributed by atoms with van der Waals surface area (Å²) in [6, 6.07) is 10.9. The molecule has 0 spiro atoms. The summed E-state index contributed by atoms with van der Waals surface area (Å²) >= 11 is 0. The SMILES string of the molecule is CCNC(=NCC(c1ccccc1)N1CCOCC1)NCCCN1CCCCCC1=O.I. The molecule has 2 N–H and O–H groups in total. The van der Waals surface area contributed by atoms with Crippen LogP contribution in [0.15, 0.2) is 35.3 Å². The van der Waals surface area contributed by atoms with Crippen LogP contribution in [0.2, 0.25) is 0 Å². The number of likely N-dealkylation sites (tertiary alicyclic amines) is 1. The van der Waals surface area contributed by atoms with Gasteiger partial charge in [0.25, 0.3) is 0 Å². The molecule has 2 saturated heterocycles. The monoisotopic (exact) mass is 557 g/mol. The number of carbonyl (C=O) groups excluding carboxylic acids is 1. The number of nitrogens with one attached hydrogen (secondary N) is 2. The fraction of sp³-hybridized carbons (Fsp3) is 0.667. The van der Waals surface area contributed by atoms with E-state index in [0.29, 0.717) is 18.9 Å². The van der Waals surface area contributed by atoms with Crippen molar-refractivity contribution in [3.63, 3.8) is 0 Å². The molecular formula is C24H40IN5O2. The van der Waals surface area contributed by atoms with E-state index in [0.717, 1.165) is 77.7 Å². The van der Waals surface area contributed by atoms with Crippen molar-refractivity contribution in [1.82, 2.24) is 20.4 Å². The quantitative estimate of drug-likeness (QED) is 0.212. The van der Waals surface area contributed by atoms with Gasteiger partial charge in [-0.25, -0.2) is 0 Å². The molecule has 0 aromatic heterocycles. The Kier molecular flexibility index (Phi) is 13.0. The Bertz CT molecular complexity index is 682. The van der Waals surface area contributed by atoms with E-state index in [-0.39, 0.29) is 30.0 Å². The molecule has 1 aromatic carbocycles. The van der Waals surface area contributed by atoms with Crippen LogP contribution in [0.3, 0.4) is 0 Å². The predicted molar refractivity (Wildman–Crippen MR) is 141 cm³/mol. The standard InChI is InChI=1S/C24H39N5O2.HI/c1-2-25-24(26-13-9-15-29-14-8-4-7-12-23(29)30)27-20-22(21-10-5-3-6-11-21)28-16-18-31-19-17-28;/h3,5-6,10-11,22H,2,4,7-9,12-20H2,1H3,(H2,25,26,27);1H. The number of amides is 1. The fourth-order valence-electron chi connectivity index (χ4n) is 4.27. The molecule has 0 bridgehead atoms. The first-order valence-corrected chi connectivity index (χ1v) is 11.9. The Labute approximate surface area is 210 Å². The maximum atomic E-state index is 12.2. The summed E-state index contributed by atoms with van der Waals surface area (Å²) in [7, 11) is 0. The Balaban J connectivity index is 0.00000363. The van der Waals surface area contributed by atoms with Crippen molar-refractivity contribution in [1.29, 1.82) is 0 Å². The zero-order chi connectivity index (χ0) is 21.7. The maximum Gasteiger partial charge on any atom is 0.222 e. The highest BCUT2D eigenvalue weighted by molar-refractivity contribution is 14.0. The fourth-order valence-corrected chi connectivity index (χ4v) is 4.27. The number of carbonyl (C=O) groups is 1. The third-order valence-corrected chi connectivity index (χ3v) is 6.01. The van der Waals surface area contributed by atoms with Gasteiger partial charge in [-0.3, -0.25) is 14.7 Å². The van der Waals surface area contributed by atoms with Crippen LogP contribution in [-0.2, 0) is 9.53 Å². The van der Waals surface area contributed by atoms with Crippen molar-refractivity contribution in [2.24, 2.45) is 4.99 Å². The molecule has 0 saturated carbocycles. The number of rotatable bonds is 9. The van der Waals surface area contributed by atoms with Crippen molar-refractivity contribution >= 4 is 35.8 Å². The van der Waals surface area contributed by atoms with Crippen molar-refractivity contribution in [3.05, 3.63) is 35.9 Å². The van der Waals surface area contributed by atoms with Gasteiger partial charge in [0.1, 0.15) is 0 Å². The lowest BCUT2D eigenvalue weighted by atomic mass is 10.1. The van der Waals surface area contributed by atoms with E-state index in [2.05, 4.69) is 52.8 Å². The van der Waals surface area contributed by atoms with E-state index >= 15 is 0 Å². The van der Waals surface area contributed by atoms with Crippen LogP contribution in [0.5, 0.6) is 0 Å². The second kappa shape index (κ2) is 15.4. The number of ether oxygens (including phenoxy) is 1. The van der Waals surface area contributed by atoms with Gasteiger partial charge in [-0.1, -0.05) is 36.8 Å². The van der Waals surface area contributed by atoms with Crippen molar-refractivity contribution in [2.45, 2.75) is 45.1 Å². The molecule has 0 radical (unpaired) electrons. The highest BCUT2D eigenvalue weighted by Gasteiger charge is 2.22. The third-order valence-electron chi connectivity index (χ3n) is 6.01. The number of hydrogen-bond donors (Lipinski definition) is 2. The van der Waals surface area contributed by atoms with Crippen LogP contribution in [0.4, 0.5) is 0 Å². The predicted octanol–water partition coefficient (Wildman–Crippen LogP) is 3.03. The van der Waals surface area contributed by atoms with Gasteiger partial charge in [0.15, 0.2) is 5.96 Å². The van der Waals surface area contributed by atoms with Crippen molar-refractivity contribution < 1.29 is 9.53 Å². The van der Waals surface area contributed by atoms with E-state index in [1.54, 1.807) is 0 Å². The van der Waals surface area contributed by atoms with Crippen LogP contribution in [0.25, 0.3) is 0 Å². The number of aliphatic imine (C=N–C) groups is 1. The number of hydrogen-bond acceptors (Lipinski definition) is 4. The average molecular weight is 558 g/mol. The minimum atomic E-state index is 0. The van der Waals surface area contributed by atoms with Gasteiger partial charge in [0.05, 0.1) is 25.8 Å². The summed E-state index contributed by atoms with van der Waals surface area (Å²) in [5, 5.41) is 6.82. The third kappa shape index (κ3) is 8.86. The smallest absolute Gasteiger partial charge is 0.222 e. The molecule has 8 heteroatoms. The average Bonchev–Trinajstić information content (AvgIpc) is 3.02. The lowest BCUT2D eigenvalue weighted by Crippen LogP contribution is -2.42. The Morgan fingerprint density at radius 2 is 1.88 bits per heavy atom. The minimum absolute atomic E-state index is 0. The summed E-state index contributed by atoms with van der Waals surface area (Å²) in [6.07, 6.45) is 4.98. The number of benzene rings is 1. The summed E-state index contributed by atoms with van der Waals surface area (Å²) in [5.41, 5.74) is 1.30. The van der Waals surface area contributed by atoms with Gasteiger partial charge < -0.3 is 20.3 Å². The maximum absolute atomic E-state index is 12.2. The first-order chi connectivity index (χ1) is 15.3. The lowest BCUT2D eigenvalue weighted by molar-refractivity contribution is -0.130. The molecule has 2 aliphatic rings. The van der Waals surface area contributed by atoms with Crippen LogP contribution in [0.1, 0.15) is 50.6 Å². The molecular weight excluding hydrogens is 517 g/mol. The van der Waals surface area contributed by atoms with Crippen LogP contribution in [0, 0.1) is 0 Å². The number of guanidine groups is 1. The summed E-state index contributed by atoms with van der Waals surface area (Å²) in [4.78, 5) is 21.6. The number of nitrogens with zero attached hydrogens (tertiary/aromatic N) is 3. The van der Waals surface area contributed by atoms with Gasteiger partial charge in [-0.05, 0) is 31.7 Å². The van der Waals surface area contributed by atoms with Crippen molar-refractivity contribution in [3.8, 4) is 0 Å². The molecule has 7 nitrogen and oxygen atoms in total. The topological polar surface area (TPSA) is 69.2 Å². The Hall–Kier alpha value is -1.39. The van der Waals surface area contributed by atoms with E-state index in [1.165, 1.54) is 12.0 Å². The second-order valence-corrected chi connectivity index (χ2v) is 8.27. The van der Waals surface area contributed by atoms with E-state index in [4.69, 9.17) is 9.73 Å². The van der Waals surface area contributed by atoms with Gasteiger partial charge in [0.2, 0.25) is 5.91 Å². The molecule has 2 aliphatic heterocycles. The molecule has 2 heterocycles.